The zero-order valence-electron chi connectivity index (χ0n) is 15.4. The maximum absolute atomic E-state index is 12.6. The Morgan fingerprint density at radius 2 is 1.54 bits per heavy atom. The number of methoxy groups -OCH3 is 2. The van der Waals surface area contributed by atoms with E-state index in [1.807, 2.05) is 42.5 Å². The van der Waals surface area contributed by atoms with Gasteiger partial charge in [-0.3, -0.25) is 4.79 Å². The molecule has 0 aromatic heterocycles. The van der Waals surface area contributed by atoms with Crippen LogP contribution in [0.2, 0.25) is 5.02 Å². The van der Waals surface area contributed by atoms with Crippen LogP contribution in [0.25, 0.3) is 11.1 Å². The SMILES string of the molecule is COC(=O)c1cc(Cl)c(NC(=O)c2ccc(-c3ccccc3)cc2)cc1OC. The van der Waals surface area contributed by atoms with Crippen molar-refractivity contribution >= 4 is 29.2 Å². The zero-order chi connectivity index (χ0) is 20.1. The molecule has 0 radical (unpaired) electrons. The predicted molar refractivity (Wildman–Crippen MR) is 109 cm³/mol. The van der Waals surface area contributed by atoms with Gasteiger partial charge in [-0.15, -0.1) is 0 Å². The number of carbonyl (C=O) groups is 2. The average Bonchev–Trinajstić information content (AvgIpc) is 2.75. The van der Waals surface area contributed by atoms with Crippen LogP contribution in [-0.2, 0) is 4.74 Å². The molecular formula is C22H18ClNO4. The first-order chi connectivity index (χ1) is 13.5. The summed E-state index contributed by atoms with van der Waals surface area (Å²) < 4.78 is 9.91. The number of hydrogen-bond donors (Lipinski definition) is 1. The van der Waals surface area contributed by atoms with Gasteiger partial charge in [0.1, 0.15) is 11.3 Å². The standard InChI is InChI=1S/C22H18ClNO4/c1-27-20-13-19(18(23)12-17(20)22(26)28-2)24-21(25)16-10-8-15(9-11-16)14-6-4-3-5-7-14/h3-13H,1-2H3,(H,24,25). The van der Waals surface area contributed by atoms with Crippen LogP contribution < -0.4 is 10.1 Å². The van der Waals surface area contributed by atoms with E-state index in [2.05, 4.69) is 5.32 Å². The molecule has 0 aliphatic carbocycles. The molecule has 0 saturated heterocycles. The largest absolute Gasteiger partial charge is 0.496 e. The molecule has 28 heavy (non-hydrogen) atoms. The number of rotatable bonds is 5. The van der Waals surface area contributed by atoms with Crippen molar-refractivity contribution in [1.29, 1.82) is 0 Å². The Kier molecular flexibility index (Phi) is 5.96. The first kappa shape index (κ1) is 19.5. The summed E-state index contributed by atoms with van der Waals surface area (Å²) in [5.41, 5.74) is 3.08. The van der Waals surface area contributed by atoms with Crippen molar-refractivity contribution in [2.45, 2.75) is 0 Å². The lowest BCUT2D eigenvalue weighted by atomic mass is 10.0. The summed E-state index contributed by atoms with van der Waals surface area (Å²) in [7, 11) is 2.69. The van der Waals surface area contributed by atoms with Crippen molar-refractivity contribution in [1.82, 2.24) is 0 Å². The monoisotopic (exact) mass is 395 g/mol. The van der Waals surface area contributed by atoms with Crippen molar-refractivity contribution in [2.75, 3.05) is 19.5 Å². The number of hydrogen-bond acceptors (Lipinski definition) is 4. The van der Waals surface area contributed by atoms with Gasteiger partial charge < -0.3 is 14.8 Å². The Labute approximate surface area is 167 Å². The van der Waals surface area contributed by atoms with Gasteiger partial charge >= 0.3 is 5.97 Å². The third-order valence-electron chi connectivity index (χ3n) is 4.20. The normalized spacial score (nSPS) is 10.2. The van der Waals surface area contributed by atoms with Crippen molar-refractivity contribution in [3.63, 3.8) is 0 Å². The number of esters is 1. The van der Waals surface area contributed by atoms with E-state index in [1.54, 1.807) is 12.1 Å². The molecule has 0 bridgehead atoms. The quantitative estimate of drug-likeness (QED) is 0.613. The summed E-state index contributed by atoms with van der Waals surface area (Å²) in [6, 6.07) is 20.0. The first-order valence-electron chi connectivity index (χ1n) is 8.46. The second-order valence-corrected chi connectivity index (χ2v) is 6.33. The Bertz CT molecular complexity index is 1000. The third-order valence-corrected chi connectivity index (χ3v) is 4.51. The average molecular weight is 396 g/mol. The minimum Gasteiger partial charge on any atom is -0.496 e. The maximum Gasteiger partial charge on any atom is 0.341 e. The highest BCUT2D eigenvalue weighted by Gasteiger charge is 2.18. The molecule has 3 aromatic carbocycles. The number of benzene rings is 3. The van der Waals surface area contributed by atoms with Crippen molar-refractivity contribution < 1.29 is 19.1 Å². The van der Waals surface area contributed by atoms with Gasteiger partial charge in [0.2, 0.25) is 0 Å². The number of halogens is 1. The molecule has 0 fully saturated rings. The molecule has 5 nitrogen and oxygen atoms in total. The van der Waals surface area contributed by atoms with Crippen molar-refractivity contribution in [3.8, 4) is 16.9 Å². The van der Waals surface area contributed by atoms with Gasteiger partial charge in [-0.1, -0.05) is 54.1 Å². The molecule has 1 N–H and O–H groups in total. The fourth-order valence-corrected chi connectivity index (χ4v) is 2.94. The van der Waals surface area contributed by atoms with E-state index in [0.717, 1.165) is 11.1 Å². The summed E-state index contributed by atoms with van der Waals surface area (Å²) in [5, 5.41) is 2.95. The maximum atomic E-state index is 12.6. The van der Waals surface area contributed by atoms with E-state index in [-0.39, 0.29) is 22.2 Å². The van der Waals surface area contributed by atoms with Gasteiger partial charge in [0, 0.05) is 11.6 Å². The number of ether oxygens (including phenoxy) is 2. The van der Waals surface area contributed by atoms with Crippen molar-refractivity contribution in [2.24, 2.45) is 0 Å². The number of carbonyl (C=O) groups excluding carboxylic acids is 2. The van der Waals surface area contributed by atoms with Crippen LogP contribution in [0, 0.1) is 0 Å². The summed E-state index contributed by atoms with van der Waals surface area (Å²) in [5.74, 6) is -0.645. The Morgan fingerprint density at radius 1 is 0.893 bits per heavy atom. The second-order valence-electron chi connectivity index (χ2n) is 5.92. The smallest absolute Gasteiger partial charge is 0.341 e. The van der Waals surface area contributed by atoms with Crippen LogP contribution in [0.5, 0.6) is 5.75 Å². The molecule has 0 saturated carbocycles. The number of amides is 1. The van der Waals surface area contributed by atoms with Crippen LogP contribution in [0.4, 0.5) is 5.69 Å². The fraction of sp³-hybridized carbons (Fsp3) is 0.0909. The lowest BCUT2D eigenvalue weighted by Gasteiger charge is -2.12. The molecule has 0 unspecified atom stereocenters. The van der Waals surface area contributed by atoms with Gasteiger partial charge in [-0.05, 0) is 29.3 Å². The molecule has 0 atom stereocenters. The highest BCUT2D eigenvalue weighted by atomic mass is 35.5. The molecule has 3 aromatic rings. The van der Waals surface area contributed by atoms with Crippen LogP contribution in [0.3, 0.4) is 0 Å². The van der Waals surface area contributed by atoms with E-state index in [0.29, 0.717) is 11.3 Å². The van der Waals surface area contributed by atoms with Crippen LogP contribution in [0.15, 0.2) is 66.7 Å². The Balaban J connectivity index is 1.82. The highest BCUT2D eigenvalue weighted by molar-refractivity contribution is 6.34. The third kappa shape index (κ3) is 4.15. The van der Waals surface area contributed by atoms with E-state index in [4.69, 9.17) is 21.1 Å². The van der Waals surface area contributed by atoms with E-state index >= 15 is 0 Å². The molecule has 6 heteroatoms. The van der Waals surface area contributed by atoms with Crippen molar-refractivity contribution in [3.05, 3.63) is 82.9 Å². The molecule has 0 aliphatic heterocycles. The highest BCUT2D eigenvalue weighted by Crippen LogP contribution is 2.32. The summed E-state index contributed by atoms with van der Waals surface area (Å²) in [4.78, 5) is 24.4. The van der Waals surface area contributed by atoms with E-state index in [1.165, 1.54) is 26.4 Å². The van der Waals surface area contributed by atoms with E-state index in [9.17, 15) is 9.59 Å². The van der Waals surface area contributed by atoms with Crippen LogP contribution in [0.1, 0.15) is 20.7 Å². The molecule has 142 valence electrons. The predicted octanol–water partition coefficient (Wildman–Crippen LogP) is 5.05. The first-order valence-corrected chi connectivity index (χ1v) is 8.84. The molecule has 0 spiro atoms. The van der Waals surface area contributed by atoms with Gasteiger partial charge in [0.05, 0.1) is 24.9 Å². The van der Waals surface area contributed by atoms with Gasteiger partial charge in [-0.25, -0.2) is 4.79 Å². The van der Waals surface area contributed by atoms with Crippen LogP contribution in [-0.4, -0.2) is 26.1 Å². The molecule has 3 rings (SSSR count). The zero-order valence-corrected chi connectivity index (χ0v) is 16.1. The van der Waals surface area contributed by atoms with E-state index < -0.39 is 5.97 Å². The minimum absolute atomic E-state index is 0.181. The van der Waals surface area contributed by atoms with Crippen LogP contribution >= 0.6 is 11.6 Å². The Hall–Kier alpha value is -3.31. The second kappa shape index (κ2) is 8.59. The molecule has 0 heterocycles. The summed E-state index contributed by atoms with van der Waals surface area (Å²) >= 11 is 6.22. The van der Waals surface area contributed by atoms with Gasteiger partial charge in [0.15, 0.2) is 0 Å². The molecule has 1 amide bonds. The lowest BCUT2D eigenvalue weighted by Crippen LogP contribution is -2.13. The summed E-state index contributed by atoms with van der Waals surface area (Å²) in [6.07, 6.45) is 0. The number of anilines is 1. The number of nitrogens with one attached hydrogen (secondary N) is 1. The van der Waals surface area contributed by atoms with Gasteiger partial charge in [0.25, 0.3) is 5.91 Å². The fourth-order valence-electron chi connectivity index (χ4n) is 2.73. The van der Waals surface area contributed by atoms with Gasteiger partial charge in [-0.2, -0.15) is 0 Å². The Morgan fingerprint density at radius 3 is 2.14 bits per heavy atom. The molecule has 0 aliphatic rings. The molecular weight excluding hydrogens is 378 g/mol. The lowest BCUT2D eigenvalue weighted by molar-refractivity contribution is 0.0597. The topological polar surface area (TPSA) is 64.6 Å². The minimum atomic E-state index is -0.576. The summed E-state index contributed by atoms with van der Waals surface area (Å²) in [6.45, 7) is 0.